The minimum absolute atomic E-state index is 0.0591. The zero-order valence-electron chi connectivity index (χ0n) is 16.8. The number of hydrogen-bond donors (Lipinski definition) is 1. The molecule has 2 aliphatic rings. The number of anilines is 1. The van der Waals surface area contributed by atoms with Gasteiger partial charge in [0.05, 0.1) is 0 Å². The number of carbonyl (C=O) groups is 2. The standard InChI is InChI=1S/C24H29N3O2/c28-23(25-20-13-6-2-7-14-20)21-15-10-18-27(21)24(29)22(19-11-4-1-5-12-19)26-16-8-3-9-17-26/h1-2,4-7,11-14,21-22H,3,8-10,15-18H2,(H,25,28)/t21-,22+/m0/s1. The molecule has 2 heterocycles. The Kier molecular flexibility index (Phi) is 6.25. The number of likely N-dealkylation sites (tertiary alicyclic amines) is 2. The maximum absolute atomic E-state index is 13.7. The van der Waals surface area contributed by atoms with Gasteiger partial charge in [-0.2, -0.15) is 0 Å². The van der Waals surface area contributed by atoms with Crippen LogP contribution in [-0.2, 0) is 9.59 Å². The van der Waals surface area contributed by atoms with Gasteiger partial charge in [-0.15, -0.1) is 0 Å². The zero-order valence-corrected chi connectivity index (χ0v) is 16.8. The maximum atomic E-state index is 13.7. The van der Waals surface area contributed by atoms with Crippen LogP contribution in [0.2, 0.25) is 0 Å². The Bertz CT molecular complexity index is 819. The summed E-state index contributed by atoms with van der Waals surface area (Å²) in [6.45, 7) is 2.50. The molecule has 5 nitrogen and oxygen atoms in total. The molecule has 0 aliphatic carbocycles. The van der Waals surface area contributed by atoms with E-state index in [-0.39, 0.29) is 17.9 Å². The van der Waals surface area contributed by atoms with E-state index in [2.05, 4.69) is 10.2 Å². The summed E-state index contributed by atoms with van der Waals surface area (Å²) in [4.78, 5) is 30.8. The second-order valence-electron chi connectivity index (χ2n) is 7.95. The van der Waals surface area contributed by atoms with Crippen LogP contribution >= 0.6 is 0 Å². The number of piperidine rings is 1. The van der Waals surface area contributed by atoms with Gasteiger partial charge in [-0.25, -0.2) is 0 Å². The molecule has 0 unspecified atom stereocenters. The highest BCUT2D eigenvalue weighted by molar-refractivity contribution is 5.98. The van der Waals surface area contributed by atoms with Crippen molar-refractivity contribution in [3.63, 3.8) is 0 Å². The number of para-hydroxylation sites is 1. The third kappa shape index (κ3) is 4.51. The van der Waals surface area contributed by atoms with E-state index in [1.807, 2.05) is 65.6 Å². The molecule has 4 rings (SSSR count). The first kappa shape index (κ1) is 19.6. The molecule has 0 radical (unpaired) electrons. The normalized spacial score (nSPS) is 21.0. The molecule has 2 atom stereocenters. The van der Waals surface area contributed by atoms with E-state index >= 15 is 0 Å². The quantitative estimate of drug-likeness (QED) is 0.842. The summed E-state index contributed by atoms with van der Waals surface area (Å²) in [5, 5.41) is 2.98. The number of hydrogen-bond acceptors (Lipinski definition) is 3. The van der Waals surface area contributed by atoms with Gasteiger partial charge in [0, 0.05) is 12.2 Å². The first-order valence-corrected chi connectivity index (χ1v) is 10.7. The molecule has 2 saturated heterocycles. The minimum atomic E-state index is -0.404. The second kappa shape index (κ2) is 9.23. The fourth-order valence-electron chi connectivity index (χ4n) is 4.53. The topological polar surface area (TPSA) is 52.7 Å². The summed E-state index contributed by atoms with van der Waals surface area (Å²) in [5.74, 6) is -0.0312. The SMILES string of the molecule is O=C(Nc1ccccc1)[C@@H]1CCCN1C(=O)[C@@H](c1ccccc1)N1CCCCC1. The fourth-order valence-corrected chi connectivity index (χ4v) is 4.53. The van der Waals surface area contributed by atoms with E-state index in [0.717, 1.165) is 43.6 Å². The van der Waals surface area contributed by atoms with Gasteiger partial charge in [0.25, 0.3) is 0 Å². The van der Waals surface area contributed by atoms with Gasteiger partial charge < -0.3 is 10.2 Å². The van der Waals surface area contributed by atoms with Crippen molar-refractivity contribution in [1.29, 1.82) is 0 Å². The Morgan fingerprint density at radius 1 is 0.828 bits per heavy atom. The van der Waals surface area contributed by atoms with Crippen molar-refractivity contribution in [3.8, 4) is 0 Å². The maximum Gasteiger partial charge on any atom is 0.247 e. The van der Waals surface area contributed by atoms with E-state index in [1.54, 1.807) is 0 Å². The van der Waals surface area contributed by atoms with Gasteiger partial charge in [-0.05, 0) is 56.5 Å². The number of amides is 2. The lowest BCUT2D eigenvalue weighted by atomic mass is 10.00. The van der Waals surface area contributed by atoms with E-state index in [4.69, 9.17) is 0 Å². The number of carbonyl (C=O) groups excluding carboxylic acids is 2. The van der Waals surface area contributed by atoms with Crippen molar-refractivity contribution in [2.45, 2.75) is 44.2 Å². The summed E-state index contributed by atoms with van der Waals surface area (Å²) in [7, 11) is 0. The van der Waals surface area contributed by atoms with Gasteiger partial charge in [-0.3, -0.25) is 14.5 Å². The molecule has 29 heavy (non-hydrogen) atoms. The number of rotatable bonds is 5. The van der Waals surface area contributed by atoms with Gasteiger partial charge in [0.1, 0.15) is 12.1 Å². The van der Waals surface area contributed by atoms with Crippen LogP contribution in [0.3, 0.4) is 0 Å². The second-order valence-corrected chi connectivity index (χ2v) is 7.95. The molecule has 2 fully saturated rings. The largest absolute Gasteiger partial charge is 0.329 e. The van der Waals surface area contributed by atoms with Crippen LogP contribution < -0.4 is 5.32 Å². The first-order chi connectivity index (χ1) is 14.2. The van der Waals surface area contributed by atoms with Crippen molar-refractivity contribution in [2.75, 3.05) is 25.0 Å². The Morgan fingerprint density at radius 3 is 2.17 bits per heavy atom. The molecule has 2 amide bonds. The lowest BCUT2D eigenvalue weighted by Gasteiger charge is -2.37. The first-order valence-electron chi connectivity index (χ1n) is 10.7. The zero-order chi connectivity index (χ0) is 20.1. The number of benzene rings is 2. The molecule has 5 heteroatoms. The Morgan fingerprint density at radius 2 is 1.48 bits per heavy atom. The van der Waals surface area contributed by atoms with Crippen LogP contribution in [-0.4, -0.2) is 47.3 Å². The monoisotopic (exact) mass is 391 g/mol. The Labute approximate surface area is 172 Å². The predicted molar refractivity (Wildman–Crippen MR) is 114 cm³/mol. The summed E-state index contributed by atoms with van der Waals surface area (Å²) >= 11 is 0. The van der Waals surface area contributed by atoms with Crippen molar-refractivity contribution < 1.29 is 9.59 Å². The van der Waals surface area contributed by atoms with E-state index in [0.29, 0.717) is 13.0 Å². The van der Waals surface area contributed by atoms with E-state index in [1.165, 1.54) is 6.42 Å². The summed E-state index contributed by atoms with van der Waals surface area (Å²) in [5.41, 5.74) is 1.79. The molecule has 0 aromatic heterocycles. The average molecular weight is 392 g/mol. The van der Waals surface area contributed by atoms with Crippen molar-refractivity contribution in [1.82, 2.24) is 9.80 Å². The highest BCUT2D eigenvalue weighted by Crippen LogP contribution is 2.30. The van der Waals surface area contributed by atoms with Crippen LogP contribution in [0.5, 0.6) is 0 Å². The summed E-state index contributed by atoms with van der Waals surface area (Å²) in [6, 6.07) is 18.8. The van der Waals surface area contributed by atoms with Crippen LogP contribution in [0.15, 0.2) is 60.7 Å². The van der Waals surface area contributed by atoms with E-state index < -0.39 is 6.04 Å². The van der Waals surface area contributed by atoms with Gasteiger partial charge in [0.15, 0.2) is 0 Å². The van der Waals surface area contributed by atoms with Crippen molar-refractivity contribution in [2.24, 2.45) is 0 Å². The van der Waals surface area contributed by atoms with Gasteiger partial charge in [0.2, 0.25) is 11.8 Å². The van der Waals surface area contributed by atoms with Crippen LogP contribution in [0.1, 0.15) is 43.7 Å². The van der Waals surface area contributed by atoms with E-state index in [9.17, 15) is 9.59 Å². The lowest BCUT2D eigenvalue weighted by molar-refractivity contribution is -0.142. The number of nitrogens with zero attached hydrogens (tertiary/aromatic N) is 2. The highest BCUT2D eigenvalue weighted by atomic mass is 16.2. The van der Waals surface area contributed by atoms with Crippen molar-refractivity contribution >= 4 is 17.5 Å². The molecule has 152 valence electrons. The third-order valence-corrected chi connectivity index (χ3v) is 5.98. The third-order valence-electron chi connectivity index (χ3n) is 5.98. The molecule has 2 aromatic rings. The Hall–Kier alpha value is -2.66. The molecular weight excluding hydrogens is 362 g/mol. The minimum Gasteiger partial charge on any atom is -0.329 e. The van der Waals surface area contributed by atoms with Crippen molar-refractivity contribution in [3.05, 3.63) is 66.2 Å². The van der Waals surface area contributed by atoms with Crippen LogP contribution in [0, 0.1) is 0 Å². The summed E-state index contributed by atoms with van der Waals surface area (Å²) in [6.07, 6.45) is 5.03. The molecule has 2 aliphatic heterocycles. The van der Waals surface area contributed by atoms with Crippen LogP contribution in [0.25, 0.3) is 0 Å². The Balaban J connectivity index is 1.55. The molecule has 1 N–H and O–H groups in total. The predicted octanol–water partition coefficient (Wildman–Crippen LogP) is 3.84. The summed E-state index contributed by atoms with van der Waals surface area (Å²) < 4.78 is 0. The van der Waals surface area contributed by atoms with Gasteiger partial charge >= 0.3 is 0 Å². The molecule has 0 saturated carbocycles. The smallest absolute Gasteiger partial charge is 0.247 e. The molecule has 0 bridgehead atoms. The van der Waals surface area contributed by atoms with Gasteiger partial charge in [-0.1, -0.05) is 55.0 Å². The highest BCUT2D eigenvalue weighted by Gasteiger charge is 2.39. The van der Waals surface area contributed by atoms with Crippen LogP contribution in [0.4, 0.5) is 5.69 Å². The molecule has 2 aromatic carbocycles. The average Bonchev–Trinajstić information content (AvgIpc) is 3.26. The number of nitrogens with one attached hydrogen (secondary N) is 1. The molecular formula is C24H29N3O2. The molecule has 0 spiro atoms. The fraction of sp³-hybridized carbons (Fsp3) is 0.417. The lowest BCUT2D eigenvalue weighted by Crippen LogP contribution is -2.49.